The zero-order valence-corrected chi connectivity index (χ0v) is 17.1. The van der Waals surface area contributed by atoms with Crippen molar-refractivity contribution in [2.45, 2.75) is 20.3 Å². The largest absolute Gasteiger partial charge is 0.427 e. The zero-order valence-electron chi connectivity index (χ0n) is 16.3. The summed E-state index contributed by atoms with van der Waals surface area (Å²) >= 11 is 1.08. The molecule has 0 spiro atoms. The fraction of sp³-hybridized carbons (Fsp3) is 0.136. The van der Waals surface area contributed by atoms with E-state index < -0.39 is 11.5 Å². The van der Waals surface area contributed by atoms with Crippen molar-refractivity contribution in [3.05, 3.63) is 96.2 Å². The van der Waals surface area contributed by atoms with Gasteiger partial charge in [-0.1, -0.05) is 53.3 Å². The van der Waals surface area contributed by atoms with E-state index in [2.05, 4.69) is 10.1 Å². The van der Waals surface area contributed by atoms with Gasteiger partial charge in [0, 0.05) is 13.3 Å². The molecule has 4 aromatic rings. The number of carbonyl (C=O) groups excluding carboxylic acids is 1. The Labute approximate surface area is 174 Å². The summed E-state index contributed by atoms with van der Waals surface area (Å²) in [6.45, 7) is 3.31. The second-order valence-corrected chi connectivity index (χ2v) is 7.81. The molecular weight excluding hydrogens is 402 g/mol. The summed E-state index contributed by atoms with van der Waals surface area (Å²) in [6, 6.07) is 14.6. The number of hydrogen-bond acceptors (Lipinski definition) is 7. The molecule has 4 rings (SSSR count). The van der Waals surface area contributed by atoms with Gasteiger partial charge in [-0.3, -0.25) is 14.4 Å². The topological polar surface area (TPSA) is 90.6 Å². The Balaban J connectivity index is 1.75. The molecule has 0 aliphatic carbocycles. The lowest BCUT2D eigenvalue weighted by atomic mass is 10.1. The smallest absolute Gasteiger partial charge is 0.308 e. The van der Waals surface area contributed by atoms with E-state index in [1.165, 1.54) is 6.92 Å². The molecule has 8 heteroatoms. The monoisotopic (exact) mass is 419 g/mol. The molecule has 2 heterocycles. The molecule has 0 aliphatic heterocycles. The molecular formula is C22H17N3O4S. The summed E-state index contributed by atoms with van der Waals surface area (Å²) < 4.78 is 6.61. The van der Waals surface area contributed by atoms with Crippen LogP contribution in [0.1, 0.15) is 29.3 Å². The van der Waals surface area contributed by atoms with Crippen molar-refractivity contribution >= 4 is 28.3 Å². The van der Waals surface area contributed by atoms with Crippen LogP contribution in [0.15, 0.2) is 58.1 Å². The van der Waals surface area contributed by atoms with Gasteiger partial charge in [0.2, 0.25) is 4.96 Å². The molecule has 7 nitrogen and oxygen atoms in total. The molecule has 0 saturated heterocycles. The van der Waals surface area contributed by atoms with Gasteiger partial charge in [-0.05, 0) is 36.3 Å². The lowest BCUT2D eigenvalue weighted by Gasteiger charge is -2.01. The molecule has 2 aromatic heterocycles. The van der Waals surface area contributed by atoms with Crippen LogP contribution in [-0.4, -0.2) is 20.6 Å². The lowest BCUT2D eigenvalue weighted by molar-refractivity contribution is -0.131. The van der Waals surface area contributed by atoms with Gasteiger partial charge in [0.05, 0.1) is 4.53 Å². The van der Waals surface area contributed by atoms with E-state index in [-0.39, 0.29) is 16.2 Å². The number of hydrogen-bond donors (Lipinski definition) is 0. The van der Waals surface area contributed by atoms with E-state index in [0.29, 0.717) is 22.3 Å². The molecule has 0 radical (unpaired) electrons. The average molecular weight is 419 g/mol. The summed E-state index contributed by atoms with van der Waals surface area (Å²) in [5, 5.41) is 4.26. The van der Waals surface area contributed by atoms with E-state index >= 15 is 0 Å². The highest BCUT2D eigenvalue weighted by atomic mass is 32.1. The average Bonchev–Trinajstić information content (AvgIpc) is 2.98. The number of esters is 1. The predicted octanol–water partition coefficient (Wildman–Crippen LogP) is 1.88. The maximum Gasteiger partial charge on any atom is 0.308 e. The van der Waals surface area contributed by atoms with Gasteiger partial charge in [-0.15, -0.1) is 0 Å². The Morgan fingerprint density at radius 3 is 2.67 bits per heavy atom. The second kappa shape index (κ2) is 8.00. The molecule has 0 fully saturated rings. The van der Waals surface area contributed by atoms with E-state index in [9.17, 15) is 14.4 Å². The molecule has 0 unspecified atom stereocenters. The van der Waals surface area contributed by atoms with Crippen LogP contribution < -0.4 is 20.4 Å². The first kappa shape index (κ1) is 19.7. The summed E-state index contributed by atoms with van der Waals surface area (Å²) in [5.74, 6) is -0.0393. The molecule has 0 saturated carbocycles. The van der Waals surface area contributed by atoms with Crippen molar-refractivity contribution < 1.29 is 9.53 Å². The number of nitrogens with zero attached hydrogens (tertiary/aromatic N) is 3. The van der Waals surface area contributed by atoms with Crippen molar-refractivity contribution in [2.24, 2.45) is 0 Å². The minimum absolute atomic E-state index is 0.217. The van der Waals surface area contributed by atoms with Crippen LogP contribution in [0.25, 0.3) is 11.0 Å². The van der Waals surface area contributed by atoms with Gasteiger partial charge in [-0.2, -0.15) is 14.6 Å². The number of benzene rings is 2. The van der Waals surface area contributed by atoms with Crippen LogP contribution in [0, 0.1) is 6.92 Å². The minimum Gasteiger partial charge on any atom is -0.427 e. The van der Waals surface area contributed by atoms with Gasteiger partial charge in [-0.25, -0.2) is 0 Å². The molecule has 0 aliphatic rings. The molecule has 0 bridgehead atoms. The van der Waals surface area contributed by atoms with Gasteiger partial charge in [0.15, 0.2) is 0 Å². The molecule has 150 valence electrons. The molecule has 0 atom stereocenters. The zero-order chi connectivity index (χ0) is 21.3. The third-order valence-electron chi connectivity index (χ3n) is 4.36. The van der Waals surface area contributed by atoms with E-state index in [0.717, 1.165) is 27.0 Å². The predicted molar refractivity (Wildman–Crippen MR) is 114 cm³/mol. The third-order valence-corrected chi connectivity index (χ3v) is 5.32. The SMILES string of the molecule is CC(=O)Oc1cccc(/C=c2/sc3nc(=O)c(Cc4ccc(C)cc4)nn3c2=O)c1. The van der Waals surface area contributed by atoms with E-state index in [1.807, 2.05) is 31.2 Å². The first-order chi connectivity index (χ1) is 14.4. The number of carbonyl (C=O) groups is 1. The van der Waals surface area contributed by atoms with Crippen LogP contribution in [-0.2, 0) is 11.2 Å². The van der Waals surface area contributed by atoms with Crippen molar-refractivity contribution in [1.82, 2.24) is 14.6 Å². The standard InChI is InChI=1S/C22H17N3O4S/c1-13-6-8-15(9-7-13)11-18-20(27)23-22-25(24-18)21(28)19(30-22)12-16-4-3-5-17(10-16)29-14(2)26/h3-10,12H,11H2,1-2H3/b19-12+. The van der Waals surface area contributed by atoms with E-state index in [1.54, 1.807) is 30.3 Å². The molecule has 0 N–H and O–H groups in total. The van der Waals surface area contributed by atoms with Crippen molar-refractivity contribution in [2.75, 3.05) is 0 Å². The number of ether oxygens (including phenoxy) is 1. The van der Waals surface area contributed by atoms with Crippen molar-refractivity contribution in [1.29, 1.82) is 0 Å². The number of thiazole rings is 1. The summed E-state index contributed by atoms with van der Waals surface area (Å²) in [5.41, 5.74) is 2.14. The Morgan fingerprint density at radius 1 is 1.17 bits per heavy atom. The highest BCUT2D eigenvalue weighted by molar-refractivity contribution is 7.15. The first-order valence-corrected chi connectivity index (χ1v) is 9.99. The lowest BCUT2D eigenvalue weighted by Crippen LogP contribution is -2.28. The summed E-state index contributed by atoms with van der Waals surface area (Å²) in [4.78, 5) is 40.6. The van der Waals surface area contributed by atoms with Crippen LogP contribution in [0.3, 0.4) is 0 Å². The Morgan fingerprint density at radius 2 is 1.93 bits per heavy atom. The summed E-state index contributed by atoms with van der Waals surface area (Å²) in [6.07, 6.45) is 1.95. The van der Waals surface area contributed by atoms with Crippen LogP contribution in [0.4, 0.5) is 0 Å². The van der Waals surface area contributed by atoms with Crippen LogP contribution >= 0.6 is 11.3 Å². The highest BCUT2D eigenvalue weighted by Crippen LogP contribution is 2.14. The highest BCUT2D eigenvalue weighted by Gasteiger charge is 2.12. The van der Waals surface area contributed by atoms with Gasteiger partial charge in [0.25, 0.3) is 11.1 Å². The normalized spacial score (nSPS) is 11.7. The van der Waals surface area contributed by atoms with E-state index in [4.69, 9.17) is 4.74 Å². The fourth-order valence-electron chi connectivity index (χ4n) is 2.94. The molecule has 30 heavy (non-hydrogen) atoms. The number of aromatic nitrogens is 3. The third kappa shape index (κ3) is 4.18. The van der Waals surface area contributed by atoms with Crippen LogP contribution in [0.5, 0.6) is 5.75 Å². The molecule has 2 aromatic carbocycles. The number of rotatable bonds is 4. The quantitative estimate of drug-likeness (QED) is 0.371. The maximum atomic E-state index is 12.8. The Kier molecular flexibility index (Phi) is 5.24. The Hall–Kier alpha value is -3.65. The fourth-order valence-corrected chi connectivity index (χ4v) is 3.84. The maximum absolute atomic E-state index is 12.8. The van der Waals surface area contributed by atoms with Gasteiger partial charge in [0.1, 0.15) is 11.4 Å². The van der Waals surface area contributed by atoms with Gasteiger partial charge < -0.3 is 4.74 Å². The van der Waals surface area contributed by atoms with Crippen molar-refractivity contribution in [3.63, 3.8) is 0 Å². The summed E-state index contributed by atoms with van der Waals surface area (Å²) in [7, 11) is 0. The Bertz CT molecular complexity index is 1420. The second-order valence-electron chi connectivity index (χ2n) is 6.80. The van der Waals surface area contributed by atoms with Gasteiger partial charge >= 0.3 is 5.97 Å². The minimum atomic E-state index is -0.444. The molecule has 0 amide bonds. The van der Waals surface area contributed by atoms with Crippen LogP contribution in [0.2, 0.25) is 0 Å². The number of aryl methyl sites for hydroxylation is 1. The van der Waals surface area contributed by atoms with Crippen molar-refractivity contribution in [3.8, 4) is 5.75 Å². The first-order valence-electron chi connectivity index (χ1n) is 9.17. The number of fused-ring (bicyclic) bond motifs is 1.